The predicted octanol–water partition coefficient (Wildman–Crippen LogP) is 5.14. The molecule has 4 heterocycles. The van der Waals surface area contributed by atoms with Gasteiger partial charge in [-0.05, 0) is 24.5 Å². The number of aliphatic carboxylic acids is 3. The average molecular weight is 691 g/mol. The highest BCUT2D eigenvalue weighted by Crippen LogP contribution is 2.37. The molecule has 2 aliphatic heterocycles. The maximum atomic E-state index is 10.6. The fourth-order valence-electron chi connectivity index (χ4n) is 4.44. The lowest BCUT2D eigenvalue weighted by Gasteiger charge is -2.44. The van der Waals surface area contributed by atoms with Crippen LogP contribution in [-0.2, 0) is 33.0 Å². The van der Waals surface area contributed by atoms with Gasteiger partial charge >= 0.3 is 36.4 Å². The van der Waals surface area contributed by atoms with Gasteiger partial charge in [-0.3, -0.25) is 4.90 Å². The maximum Gasteiger partial charge on any atom is 0.490 e. The molecule has 0 bridgehead atoms. The highest BCUT2D eigenvalue weighted by Gasteiger charge is 2.42. The summed E-state index contributed by atoms with van der Waals surface area (Å²) < 4.78 is 103. The molecule has 0 atom stereocenters. The number of hydrogen-bond donors (Lipinski definition) is 4. The van der Waals surface area contributed by atoms with Gasteiger partial charge in [0.2, 0.25) is 0 Å². The summed E-state index contributed by atoms with van der Waals surface area (Å²) in [5.74, 6) is -7.06. The fraction of sp³-hybridized carbons (Fsp3) is 0.407. The van der Waals surface area contributed by atoms with Gasteiger partial charge in [0.15, 0.2) is 0 Å². The molecule has 2 aromatic heterocycles. The molecule has 0 saturated carbocycles. The van der Waals surface area contributed by atoms with Gasteiger partial charge in [0.1, 0.15) is 5.82 Å². The van der Waals surface area contributed by atoms with E-state index in [1.54, 1.807) is 6.26 Å². The van der Waals surface area contributed by atoms with Crippen molar-refractivity contribution >= 4 is 17.9 Å². The largest absolute Gasteiger partial charge is 0.490 e. The molecular formula is C27H27F9N4O7. The van der Waals surface area contributed by atoms with Crippen LogP contribution < -0.4 is 5.32 Å². The van der Waals surface area contributed by atoms with Gasteiger partial charge in [0, 0.05) is 38.3 Å². The molecule has 0 amide bonds. The predicted molar refractivity (Wildman–Crippen MR) is 142 cm³/mol. The van der Waals surface area contributed by atoms with E-state index >= 15 is 0 Å². The van der Waals surface area contributed by atoms with Crippen molar-refractivity contribution in [1.29, 1.82) is 0 Å². The van der Waals surface area contributed by atoms with E-state index < -0.39 is 36.4 Å². The Labute approximate surface area is 259 Å². The third-order valence-corrected chi connectivity index (χ3v) is 6.58. The van der Waals surface area contributed by atoms with Crippen molar-refractivity contribution in [3.63, 3.8) is 0 Å². The van der Waals surface area contributed by atoms with Crippen molar-refractivity contribution in [3.05, 3.63) is 66.5 Å². The van der Waals surface area contributed by atoms with Gasteiger partial charge in [0.05, 0.1) is 30.0 Å². The summed E-state index contributed by atoms with van der Waals surface area (Å²) in [5.41, 5.74) is 3.76. The first-order chi connectivity index (χ1) is 21.7. The first kappa shape index (κ1) is 38.6. The number of carbonyl (C=O) groups is 3. The highest BCUT2D eigenvalue weighted by molar-refractivity contribution is 5.73. The minimum absolute atomic E-state index is 0.0121. The Morgan fingerprint density at radius 1 is 0.809 bits per heavy atom. The van der Waals surface area contributed by atoms with Crippen molar-refractivity contribution in [2.45, 2.75) is 50.0 Å². The van der Waals surface area contributed by atoms with Crippen LogP contribution in [0.15, 0.2) is 59.5 Å². The minimum Gasteiger partial charge on any atom is -0.475 e. The van der Waals surface area contributed by atoms with Crippen LogP contribution in [0.1, 0.15) is 24.2 Å². The van der Waals surface area contributed by atoms with Gasteiger partial charge in [-0.1, -0.05) is 30.3 Å². The van der Waals surface area contributed by atoms with Crippen LogP contribution in [-0.4, -0.2) is 85.8 Å². The normalized spacial score (nSPS) is 15.9. The number of likely N-dealkylation sites (tertiary alicyclic amines) is 1. The number of aromatic nitrogens is 2. The molecule has 3 aromatic rings. The SMILES string of the molecule is O=C(O)C(F)(F)F.O=C(O)C(F)(F)F.O=C(O)C(F)(F)F.c1ccc(-c2cnc3n2CCNC32CCN(Cc3ccoc3)CC2)cc1. The lowest BCUT2D eigenvalue weighted by atomic mass is 9.85. The van der Waals surface area contributed by atoms with E-state index in [-0.39, 0.29) is 5.54 Å². The number of halogens is 9. The summed E-state index contributed by atoms with van der Waals surface area (Å²) in [5, 5.41) is 25.2. The number of hydrogen-bond acceptors (Lipinski definition) is 7. The molecule has 1 fully saturated rings. The van der Waals surface area contributed by atoms with Gasteiger partial charge in [0.25, 0.3) is 0 Å². The Kier molecular flexibility index (Phi) is 13.0. The molecule has 260 valence electrons. The monoisotopic (exact) mass is 690 g/mol. The van der Waals surface area contributed by atoms with Crippen LogP contribution >= 0.6 is 0 Å². The molecular weight excluding hydrogens is 663 g/mol. The second kappa shape index (κ2) is 15.8. The van der Waals surface area contributed by atoms with Crippen LogP contribution in [0.4, 0.5) is 39.5 Å². The molecule has 1 aromatic carbocycles. The van der Waals surface area contributed by atoms with Gasteiger partial charge < -0.3 is 29.6 Å². The first-order valence-corrected chi connectivity index (χ1v) is 13.2. The number of alkyl halides is 9. The molecule has 0 aliphatic carbocycles. The molecule has 11 nitrogen and oxygen atoms in total. The molecule has 20 heteroatoms. The lowest BCUT2D eigenvalue weighted by Crippen LogP contribution is -2.55. The van der Waals surface area contributed by atoms with E-state index in [9.17, 15) is 39.5 Å². The molecule has 1 saturated heterocycles. The quantitative estimate of drug-likeness (QED) is 0.272. The van der Waals surface area contributed by atoms with Gasteiger partial charge in [-0.25, -0.2) is 19.4 Å². The van der Waals surface area contributed by atoms with Crippen molar-refractivity contribution < 1.29 is 73.6 Å². The summed E-state index contributed by atoms with van der Waals surface area (Å²) in [4.78, 5) is 34.1. The number of benzene rings is 1. The van der Waals surface area contributed by atoms with E-state index in [0.29, 0.717) is 0 Å². The topological polar surface area (TPSA) is 158 Å². The Morgan fingerprint density at radius 2 is 1.30 bits per heavy atom. The molecule has 4 N–H and O–H groups in total. The molecule has 0 unspecified atom stereocenters. The number of carboxylic acid groups (broad SMARTS) is 3. The Hall–Kier alpha value is -4.59. The van der Waals surface area contributed by atoms with Crippen LogP contribution in [0.5, 0.6) is 0 Å². The minimum atomic E-state index is -5.08. The Bertz CT molecular complexity index is 1390. The number of rotatable bonds is 3. The van der Waals surface area contributed by atoms with Gasteiger partial charge in [-0.15, -0.1) is 0 Å². The highest BCUT2D eigenvalue weighted by atomic mass is 19.4. The van der Waals surface area contributed by atoms with Crippen molar-refractivity contribution in [2.75, 3.05) is 19.6 Å². The lowest BCUT2D eigenvalue weighted by molar-refractivity contribution is -0.193. The number of fused-ring (bicyclic) bond motifs is 2. The van der Waals surface area contributed by atoms with E-state index in [4.69, 9.17) is 39.1 Å². The molecule has 2 aliphatic rings. The number of nitrogens with one attached hydrogen (secondary N) is 1. The standard InChI is InChI=1S/C21H24N4O.3C2HF3O2/c1-2-4-18(5-3-1)19-14-22-20-21(23-9-12-25(19)20)7-10-24(11-8-21)15-17-6-13-26-16-17;3*3-2(4,5)1(6)7/h1-6,13-14,16,23H,7-12,15H2;3*(H,6,7). The third kappa shape index (κ3) is 11.6. The van der Waals surface area contributed by atoms with Crippen molar-refractivity contribution in [2.24, 2.45) is 0 Å². The number of imidazole rings is 1. The number of piperidine rings is 1. The van der Waals surface area contributed by atoms with Crippen molar-refractivity contribution in [3.8, 4) is 11.3 Å². The van der Waals surface area contributed by atoms with E-state index in [0.717, 1.165) is 45.6 Å². The summed E-state index contributed by atoms with van der Waals surface area (Å²) in [7, 11) is 0. The number of nitrogens with zero attached hydrogens (tertiary/aromatic N) is 3. The second-order valence-electron chi connectivity index (χ2n) is 9.81. The maximum absolute atomic E-state index is 10.6. The molecule has 1 spiro atoms. The molecule has 47 heavy (non-hydrogen) atoms. The van der Waals surface area contributed by atoms with Crippen LogP contribution in [0.2, 0.25) is 0 Å². The summed E-state index contributed by atoms with van der Waals surface area (Å²) in [6.07, 6.45) is -7.41. The zero-order valence-electron chi connectivity index (χ0n) is 23.9. The Morgan fingerprint density at radius 3 is 1.72 bits per heavy atom. The first-order valence-electron chi connectivity index (χ1n) is 13.2. The fourth-order valence-corrected chi connectivity index (χ4v) is 4.44. The molecule has 0 radical (unpaired) electrons. The Balaban J connectivity index is 0.000000301. The zero-order valence-corrected chi connectivity index (χ0v) is 23.9. The number of carboxylic acids is 3. The van der Waals surface area contributed by atoms with E-state index in [1.165, 1.54) is 22.6 Å². The second-order valence-corrected chi connectivity index (χ2v) is 9.81. The van der Waals surface area contributed by atoms with Crippen LogP contribution in [0.3, 0.4) is 0 Å². The van der Waals surface area contributed by atoms with E-state index in [2.05, 4.69) is 57.4 Å². The smallest absolute Gasteiger partial charge is 0.475 e. The summed E-state index contributed by atoms with van der Waals surface area (Å²) in [6, 6.07) is 12.7. The average Bonchev–Trinajstić information content (AvgIpc) is 3.65. The summed E-state index contributed by atoms with van der Waals surface area (Å²) in [6.45, 7) is 5.11. The van der Waals surface area contributed by atoms with E-state index in [1.807, 2.05) is 6.26 Å². The third-order valence-electron chi connectivity index (χ3n) is 6.58. The summed E-state index contributed by atoms with van der Waals surface area (Å²) >= 11 is 0. The van der Waals surface area contributed by atoms with Crippen LogP contribution in [0, 0.1) is 0 Å². The number of furan rings is 1. The molecule has 5 rings (SSSR count). The van der Waals surface area contributed by atoms with Crippen molar-refractivity contribution in [1.82, 2.24) is 19.8 Å². The van der Waals surface area contributed by atoms with Gasteiger partial charge in [-0.2, -0.15) is 39.5 Å². The zero-order chi connectivity index (χ0) is 35.6. The van der Waals surface area contributed by atoms with Crippen LogP contribution in [0.25, 0.3) is 11.3 Å².